The predicted molar refractivity (Wildman–Crippen MR) is 75.8 cm³/mol. The van der Waals surface area contributed by atoms with Crippen LogP contribution < -0.4 is 11.1 Å². The first-order valence-corrected chi connectivity index (χ1v) is 6.49. The van der Waals surface area contributed by atoms with Crippen LogP contribution in [0.3, 0.4) is 0 Å². The van der Waals surface area contributed by atoms with Crippen LogP contribution in [0.2, 0.25) is 0 Å². The molecule has 1 saturated carbocycles. The molecule has 0 aliphatic heterocycles. The number of nitrogens with one attached hydrogen (secondary N) is 1. The molecular formula is C12H13BrClF3N2O. The Morgan fingerprint density at radius 3 is 2.40 bits per heavy atom. The summed E-state index contributed by atoms with van der Waals surface area (Å²) >= 11 is 2.84. The van der Waals surface area contributed by atoms with E-state index in [1.807, 2.05) is 0 Å². The zero-order valence-corrected chi connectivity index (χ0v) is 12.7. The SMILES string of the molecule is Cl.NC1(C(=O)Nc2ccc(Br)c(C(F)(F)F)c2)CCC1. The first-order chi connectivity index (χ1) is 8.72. The number of anilines is 1. The van der Waals surface area contributed by atoms with E-state index in [0.29, 0.717) is 12.8 Å². The Labute approximate surface area is 128 Å². The summed E-state index contributed by atoms with van der Waals surface area (Å²) in [5, 5.41) is 2.44. The molecule has 0 spiro atoms. The van der Waals surface area contributed by atoms with E-state index in [0.717, 1.165) is 12.5 Å². The fourth-order valence-electron chi connectivity index (χ4n) is 1.86. The fourth-order valence-corrected chi connectivity index (χ4v) is 2.33. The minimum atomic E-state index is -4.48. The van der Waals surface area contributed by atoms with Crippen molar-refractivity contribution in [1.82, 2.24) is 0 Å². The van der Waals surface area contributed by atoms with Crippen LogP contribution >= 0.6 is 28.3 Å². The summed E-state index contributed by atoms with van der Waals surface area (Å²) in [6.07, 6.45) is -2.50. The molecule has 112 valence electrons. The predicted octanol–water partition coefficient (Wildman–Crippen LogP) is 3.71. The minimum Gasteiger partial charge on any atom is -0.324 e. The molecule has 0 saturated heterocycles. The Balaban J connectivity index is 0.00000200. The minimum absolute atomic E-state index is 0. The van der Waals surface area contributed by atoms with Gasteiger partial charge in [0.05, 0.1) is 11.1 Å². The summed E-state index contributed by atoms with van der Waals surface area (Å²) < 4.78 is 38.1. The van der Waals surface area contributed by atoms with Crippen LogP contribution in [0, 0.1) is 0 Å². The molecule has 20 heavy (non-hydrogen) atoms. The zero-order valence-electron chi connectivity index (χ0n) is 10.3. The van der Waals surface area contributed by atoms with Gasteiger partial charge in [-0.3, -0.25) is 4.79 Å². The van der Waals surface area contributed by atoms with Crippen LogP contribution in [0.5, 0.6) is 0 Å². The van der Waals surface area contributed by atoms with Crippen LogP contribution in [-0.2, 0) is 11.0 Å². The average Bonchev–Trinajstić information content (AvgIpc) is 2.27. The molecule has 1 amide bonds. The fraction of sp³-hybridized carbons (Fsp3) is 0.417. The van der Waals surface area contributed by atoms with Crippen molar-refractivity contribution >= 4 is 39.9 Å². The number of nitrogens with two attached hydrogens (primary N) is 1. The molecule has 3 nitrogen and oxygen atoms in total. The van der Waals surface area contributed by atoms with Gasteiger partial charge in [0.1, 0.15) is 0 Å². The van der Waals surface area contributed by atoms with E-state index in [2.05, 4.69) is 21.2 Å². The molecule has 1 aliphatic carbocycles. The standard InChI is InChI=1S/C12H12BrF3N2O.ClH/c13-9-3-2-7(6-8(9)12(14,15)16)18-10(19)11(17)4-1-5-11;/h2-3,6H,1,4-5,17H2,(H,18,19);1H. The van der Waals surface area contributed by atoms with Gasteiger partial charge in [0.15, 0.2) is 0 Å². The van der Waals surface area contributed by atoms with Crippen molar-refractivity contribution in [2.75, 3.05) is 5.32 Å². The number of alkyl halides is 3. The lowest BCUT2D eigenvalue weighted by molar-refractivity contribution is -0.138. The molecule has 0 atom stereocenters. The van der Waals surface area contributed by atoms with Gasteiger partial charge in [-0.15, -0.1) is 12.4 Å². The lowest BCUT2D eigenvalue weighted by Crippen LogP contribution is -2.56. The number of hydrogen-bond donors (Lipinski definition) is 2. The molecule has 0 heterocycles. The molecule has 2 rings (SSSR count). The van der Waals surface area contributed by atoms with Gasteiger partial charge in [-0.2, -0.15) is 13.2 Å². The molecule has 1 fully saturated rings. The normalized spacial score (nSPS) is 16.9. The van der Waals surface area contributed by atoms with Crippen molar-refractivity contribution < 1.29 is 18.0 Å². The molecule has 1 aliphatic rings. The van der Waals surface area contributed by atoms with Crippen molar-refractivity contribution in [2.24, 2.45) is 5.73 Å². The highest BCUT2D eigenvalue weighted by molar-refractivity contribution is 9.10. The van der Waals surface area contributed by atoms with Gasteiger partial charge in [0.2, 0.25) is 5.91 Å². The van der Waals surface area contributed by atoms with Crippen molar-refractivity contribution in [1.29, 1.82) is 0 Å². The van der Waals surface area contributed by atoms with Gasteiger partial charge < -0.3 is 11.1 Å². The van der Waals surface area contributed by atoms with E-state index in [9.17, 15) is 18.0 Å². The molecule has 0 bridgehead atoms. The number of amides is 1. The maximum absolute atomic E-state index is 12.7. The summed E-state index contributed by atoms with van der Waals surface area (Å²) in [6.45, 7) is 0. The topological polar surface area (TPSA) is 55.1 Å². The van der Waals surface area contributed by atoms with Crippen molar-refractivity contribution in [3.05, 3.63) is 28.2 Å². The molecule has 8 heteroatoms. The summed E-state index contributed by atoms with van der Waals surface area (Å²) in [5.41, 5.74) is 4.13. The number of rotatable bonds is 2. The molecule has 0 aromatic heterocycles. The lowest BCUT2D eigenvalue weighted by Gasteiger charge is -2.36. The molecule has 1 aromatic carbocycles. The largest absolute Gasteiger partial charge is 0.417 e. The highest BCUT2D eigenvalue weighted by Gasteiger charge is 2.40. The molecular weight excluding hydrogens is 360 g/mol. The summed E-state index contributed by atoms with van der Waals surface area (Å²) in [4.78, 5) is 11.8. The maximum atomic E-state index is 12.7. The van der Waals surface area contributed by atoms with Gasteiger partial charge in [-0.05, 0) is 37.5 Å². The second kappa shape index (κ2) is 5.91. The van der Waals surface area contributed by atoms with E-state index in [1.54, 1.807) is 0 Å². The third-order valence-corrected chi connectivity index (χ3v) is 3.92. The maximum Gasteiger partial charge on any atom is 0.417 e. The molecule has 3 N–H and O–H groups in total. The first-order valence-electron chi connectivity index (χ1n) is 5.69. The Kier molecular flexibility index (Phi) is 5.10. The van der Waals surface area contributed by atoms with E-state index in [4.69, 9.17) is 5.73 Å². The summed E-state index contributed by atoms with van der Waals surface area (Å²) in [5.74, 6) is -0.436. The monoisotopic (exact) mass is 372 g/mol. The molecule has 1 aromatic rings. The van der Waals surface area contributed by atoms with Crippen LogP contribution in [0.4, 0.5) is 18.9 Å². The van der Waals surface area contributed by atoms with Crippen molar-refractivity contribution in [2.45, 2.75) is 31.0 Å². The first kappa shape index (κ1) is 17.3. The van der Waals surface area contributed by atoms with Crippen molar-refractivity contribution in [3.63, 3.8) is 0 Å². The summed E-state index contributed by atoms with van der Waals surface area (Å²) in [6, 6.07) is 3.55. The third-order valence-electron chi connectivity index (χ3n) is 3.23. The van der Waals surface area contributed by atoms with Crippen LogP contribution in [0.25, 0.3) is 0 Å². The quantitative estimate of drug-likeness (QED) is 0.830. The number of benzene rings is 1. The smallest absolute Gasteiger partial charge is 0.324 e. The second-order valence-corrected chi connectivity index (χ2v) is 5.51. The zero-order chi connectivity index (χ0) is 14.3. The number of hydrogen-bond acceptors (Lipinski definition) is 2. The Bertz CT molecular complexity index is 518. The van der Waals surface area contributed by atoms with Gasteiger partial charge >= 0.3 is 6.18 Å². The number of halogens is 5. The number of carbonyl (C=O) groups excluding carboxylic acids is 1. The Hall–Kier alpha value is -0.790. The van der Waals surface area contributed by atoms with Gasteiger partial charge in [0, 0.05) is 10.2 Å². The van der Waals surface area contributed by atoms with E-state index in [1.165, 1.54) is 12.1 Å². The number of carbonyl (C=O) groups is 1. The summed E-state index contributed by atoms with van der Waals surface area (Å²) in [7, 11) is 0. The molecule has 0 unspecified atom stereocenters. The van der Waals surface area contributed by atoms with Crippen LogP contribution in [0.15, 0.2) is 22.7 Å². The highest BCUT2D eigenvalue weighted by Crippen LogP contribution is 2.37. The average molecular weight is 374 g/mol. The Morgan fingerprint density at radius 2 is 1.95 bits per heavy atom. The van der Waals surface area contributed by atoms with Gasteiger partial charge in [-0.1, -0.05) is 15.9 Å². The third kappa shape index (κ3) is 3.45. The van der Waals surface area contributed by atoms with E-state index >= 15 is 0 Å². The van der Waals surface area contributed by atoms with E-state index < -0.39 is 23.2 Å². The van der Waals surface area contributed by atoms with E-state index in [-0.39, 0.29) is 22.6 Å². The Morgan fingerprint density at radius 1 is 1.35 bits per heavy atom. The van der Waals surface area contributed by atoms with Gasteiger partial charge in [0.25, 0.3) is 0 Å². The van der Waals surface area contributed by atoms with Crippen LogP contribution in [-0.4, -0.2) is 11.4 Å². The molecule has 0 radical (unpaired) electrons. The van der Waals surface area contributed by atoms with Crippen LogP contribution in [0.1, 0.15) is 24.8 Å². The second-order valence-electron chi connectivity index (χ2n) is 4.66. The highest BCUT2D eigenvalue weighted by atomic mass is 79.9. The lowest BCUT2D eigenvalue weighted by atomic mass is 9.77. The van der Waals surface area contributed by atoms with Gasteiger partial charge in [-0.25, -0.2) is 0 Å². The van der Waals surface area contributed by atoms with Crippen molar-refractivity contribution in [3.8, 4) is 0 Å².